The van der Waals surface area contributed by atoms with Crippen LogP contribution in [-0.2, 0) is 10.8 Å². The molecule has 7 heteroatoms. The summed E-state index contributed by atoms with van der Waals surface area (Å²) in [7, 11) is 1.93. The SMILES string of the molecule is CN(c1nn[nH]c1C(C)(C)C)c1nn[nH]c1C(C)(C)C. The van der Waals surface area contributed by atoms with E-state index in [4.69, 9.17) is 0 Å². The van der Waals surface area contributed by atoms with Gasteiger partial charge < -0.3 is 4.90 Å². The topological polar surface area (TPSA) is 86.4 Å². The van der Waals surface area contributed by atoms with Gasteiger partial charge in [0, 0.05) is 17.9 Å². The van der Waals surface area contributed by atoms with Crippen LogP contribution in [0.3, 0.4) is 0 Å². The Bertz CT molecular complexity index is 530. The van der Waals surface area contributed by atoms with Crippen LogP contribution in [0.4, 0.5) is 11.6 Å². The second-order valence-electron chi connectivity index (χ2n) is 7.08. The number of rotatable bonds is 2. The van der Waals surface area contributed by atoms with Crippen molar-refractivity contribution in [1.82, 2.24) is 30.8 Å². The van der Waals surface area contributed by atoms with Crippen molar-refractivity contribution in [3.8, 4) is 0 Å². The molecule has 2 N–H and O–H groups in total. The number of nitrogens with zero attached hydrogens (tertiary/aromatic N) is 5. The van der Waals surface area contributed by atoms with Crippen molar-refractivity contribution in [2.45, 2.75) is 52.4 Å². The summed E-state index contributed by atoms with van der Waals surface area (Å²) in [6.45, 7) is 12.7. The minimum absolute atomic E-state index is 0.0707. The molecule has 110 valence electrons. The first kappa shape index (κ1) is 14.5. The number of aromatic nitrogens is 6. The van der Waals surface area contributed by atoms with Gasteiger partial charge in [0.15, 0.2) is 11.6 Å². The highest BCUT2D eigenvalue weighted by molar-refractivity contribution is 5.60. The van der Waals surface area contributed by atoms with Gasteiger partial charge in [-0.1, -0.05) is 52.0 Å². The second kappa shape index (κ2) is 4.57. The predicted molar refractivity (Wildman–Crippen MR) is 78.2 cm³/mol. The standard InChI is InChI=1S/C13H23N7/c1-12(2,3)8-10(16-18-14-8)20(7)11-9(13(4,5)6)15-19-17-11/h1-7H3,(H,14,16,18)(H,15,17,19). The molecule has 0 aromatic carbocycles. The Hall–Kier alpha value is -1.92. The summed E-state index contributed by atoms with van der Waals surface area (Å²) in [4.78, 5) is 1.92. The Morgan fingerprint density at radius 2 is 1.10 bits per heavy atom. The van der Waals surface area contributed by atoms with E-state index in [1.54, 1.807) is 0 Å². The third-order valence-corrected chi connectivity index (χ3v) is 3.20. The largest absolute Gasteiger partial charge is 0.308 e. The van der Waals surface area contributed by atoms with Crippen molar-refractivity contribution in [2.75, 3.05) is 11.9 Å². The zero-order valence-corrected chi connectivity index (χ0v) is 13.2. The lowest BCUT2D eigenvalue weighted by atomic mass is 9.91. The smallest absolute Gasteiger partial charge is 0.180 e. The van der Waals surface area contributed by atoms with Crippen LogP contribution in [0.2, 0.25) is 0 Å². The zero-order chi connectivity index (χ0) is 15.1. The number of anilines is 2. The number of nitrogens with one attached hydrogen (secondary N) is 2. The lowest BCUT2D eigenvalue weighted by molar-refractivity contribution is 0.563. The van der Waals surface area contributed by atoms with Gasteiger partial charge in [-0.25, -0.2) is 0 Å². The lowest BCUT2D eigenvalue weighted by Gasteiger charge is -2.24. The summed E-state index contributed by atoms with van der Waals surface area (Å²) in [6, 6.07) is 0. The number of hydrogen-bond donors (Lipinski definition) is 2. The number of hydrogen-bond acceptors (Lipinski definition) is 5. The molecule has 0 aliphatic heterocycles. The highest BCUT2D eigenvalue weighted by atomic mass is 15.4. The minimum Gasteiger partial charge on any atom is -0.308 e. The van der Waals surface area contributed by atoms with Crippen LogP contribution in [0, 0.1) is 0 Å². The number of H-pyrrole nitrogens is 2. The molecule has 20 heavy (non-hydrogen) atoms. The van der Waals surface area contributed by atoms with Gasteiger partial charge in [-0.05, 0) is 0 Å². The summed E-state index contributed by atoms with van der Waals surface area (Å²) in [5.74, 6) is 1.55. The van der Waals surface area contributed by atoms with E-state index in [9.17, 15) is 0 Å². The minimum atomic E-state index is -0.0707. The van der Waals surface area contributed by atoms with Crippen molar-refractivity contribution in [3.63, 3.8) is 0 Å². The first-order chi connectivity index (χ1) is 9.12. The molecule has 2 heterocycles. The van der Waals surface area contributed by atoms with Crippen LogP contribution in [0.25, 0.3) is 0 Å². The molecule has 0 aliphatic carbocycles. The van der Waals surface area contributed by atoms with E-state index in [0.717, 1.165) is 23.0 Å². The summed E-state index contributed by atoms with van der Waals surface area (Å²) in [6.07, 6.45) is 0. The molecular weight excluding hydrogens is 254 g/mol. The molecule has 0 unspecified atom stereocenters. The van der Waals surface area contributed by atoms with Crippen molar-refractivity contribution in [2.24, 2.45) is 0 Å². The van der Waals surface area contributed by atoms with E-state index in [1.807, 2.05) is 11.9 Å². The molecule has 0 saturated heterocycles. The zero-order valence-electron chi connectivity index (χ0n) is 13.2. The molecular formula is C13H23N7. The monoisotopic (exact) mass is 277 g/mol. The molecule has 0 aliphatic rings. The highest BCUT2D eigenvalue weighted by Crippen LogP contribution is 2.34. The van der Waals surface area contributed by atoms with Crippen LogP contribution >= 0.6 is 0 Å². The second-order valence-corrected chi connectivity index (χ2v) is 7.08. The Labute approximate surface area is 119 Å². The lowest BCUT2D eigenvalue weighted by Crippen LogP contribution is -2.22. The maximum Gasteiger partial charge on any atom is 0.180 e. The highest BCUT2D eigenvalue weighted by Gasteiger charge is 2.29. The molecule has 2 aromatic heterocycles. The van der Waals surface area contributed by atoms with Crippen LogP contribution < -0.4 is 4.90 Å². The van der Waals surface area contributed by atoms with Crippen LogP contribution in [-0.4, -0.2) is 37.9 Å². The van der Waals surface area contributed by atoms with Gasteiger partial charge in [0.25, 0.3) is 0 Å². The van der Waals surface area contributed by atoms with Gasteiger partial charge >= 0.3 is 0 Å². The Morgan fingerprint density at radius 3 is 1.40 bits per heavy atom. The van der Waals surface area contributed by atoms with Crippen LogP contribution in [0.5, 0.6) is 0 Å². The average molecular weight is 277 g/mol. The Morgan fingerprint density at radius 1 is 0.750 bits per heavy atom. The van der Waals surface area contributed by atoms with E-state index in [2.05, 4.69) is 72.4 Å². The predicted octanol–water partition coefficient (Wildman–Crippen LogP) is 2.29. The van der Waals surface area contributed by atoms with Gasteiger partial charge in [-0.15, -0.1) is 10.2 Å². The Kier molecular flexibility index (Phi) is 3.31. The van der Waals surface area contributed by atoms with E-state index in [-0.39, 0.29) is 10.8 Å². The third-order valence-electron chi connectivity index (χ3n) is 3.20. The fourth-order valence-corrected chi connectivity index (χ4v) is 2.02. The molecule has 0 amide bonds. The Balaban J connectivity index is 2.46. The summed E-state index contributed by atoms with van der Waals surface area (Å²) in [5.41, 5.74) is 1.81. The van der Waals surface area contributed by atoms with E-state index in [1.165, 1.54) is 0 Å². The van der Waals surface area contributed by atoms with Gasteiger partial charge in [-0.2, -0.15) is 0 Å². The van der Waals surface area contributed by atoms with Gasteiger partial charge in [-0.3, -0.25) is 10.2 Å². The molecule has 0 spiro atoms. The maximum atomic E-state index is 4.20. The molecule has 0 fully saturated rings. The fraction of sp³-hybridized carbons (Fsp3) is 0.692. The van der Waals surface area contributed by atoms with Crippen molar-refractivity contribution >= 4 is 11.6 Å². The quantitative estimate of drug-likeness (QED) is 0.879. The van der Waals surface area contributed by atoms with Crippen molar-refractivity contribution in [1.29, 1.82) is 0 Å². The van der Waals surface area contributed by atoms with E-state index in [0.29, 0.717) is 0 Å². The van der Waals surface area contributed by atoms with E-state index >= 15 is 0 Å². The summed E-state index contributed by atoms with van der Waals surface area (Å²) >= 11 is 0. The van der Waals surface area contributed by atoms with Gasteiger partial charge in [0.2, 0.25) is 0 Å². The molecule has 7 nitrogen and oxygen atoms in total. The van der Waals surface area contributed by atoms with Crippen LogP contribution in [0.15, 0.2) is 0 Å². The van der Waals surface area contributed by atoms with Gasteiger partial charge in [0.05, 0.1) is 11.4 Å². The number of aromatic amines is 2. The first-order valence-corrected chi connectivity index (χ1v) is 6.69. The first-order valence-electron chi connectivity index (χ1n) is 6.69. The third kappa shape index (κ3) is 2.52. The fourth-order valence-electron chi connectivity index (χ4n) is 2.02. The summed E-state index contributed by atoms with van der Waals surface area (Å²) in [5, 5.41) is 22.2. The molecule has 0 saturated carbocycles. The van der Waals surface area contributed by atoms with Gasteiger partial charge in [0.1, 0.15) is 0 Å². The molecule has 0 bridgehead atoms. The maximum absolute atomic E-state index is 4.20. The normalized spacial score (nSPS) is 12.8. The molecule has 2 aromatic rings. The van der Waals surface area contributed by atoms with Crippen molar-refractivity contribution < 1.29 is 0 Å². The van der Waals surface area contributed by atoms with Crippen molar-refractivity contribution in [3.05, 3.63) is 11.4 Å². The molecule has 2 rings (SSSR count). The summed E-state index contributed by atoms with van der Waals surface area (Å²) < 4.78 is 0. The van der Waals surface area contributed by atoms with E-state index < -0.39 is 0 Å². The molecule has 0 radical (unpaired) electrons. The molecule has 0 atom stereocenters. The average Bonchev–Trinajstić information content (AvgIpc) is 2.95. The van der Waals surface area contributed by atoms with Crippen LogP contribution in [0.1, 0.15) is 52.9 Å².